The van der Waals surface area contributed by atoms with E-state index in [2.05, 4.69) is 20.8 Å². The average molecular weight is 309 g/mol. The van der Waals surface area contributed by atoms with Crippen molar-refractivity contribution >= 4 is 0 Å². The van der Waals surface area contributed by atoms with E-state index >= 15 is 0 Å². The first kappa shape index (κ1) is 20.0. The molecule has 1 rings (SSSR count). The van der Waals surface area contributed by atoms with Gasteiger partial charge in [-0.3, -0.25) is 0 Å². The van der Waals surface area contributed by atoms with Crippen molar-refractivity contribution in [2.45, 2.75) is 130 Å². The zero-order valence-corrected chi connectivity index (χ0v) is 16.1. The summed E-state index contributed by atoms with van der Waals surface area (Å²) in [6.07, 6.45) is 25.3. The lowest BCUT2D eigenvalue weighted by molar-refractivity contribution is 0.111. The normalized spacial score (nSPS) is 18.7. The number of hydrogen-bond acceptors (Lipinski definition) is 0. The van der Waals surface area contributed by atoms with E-state index in [0.717, 1.165) is 11.3 Å². The van der Waals surface area contributed by atoms with Gasteiger partial charge in [0.25, 0.3) is 0 Å². The van der Waals surface area contributed by atoms with Crippen molar-refractivity contribution in [3.8, 4) is 0 Å². The Morgan fingerprint density at radius 2 is 1.14 bits per heavy atom. The first-order chi connectivity index (χ1) is 10.8. The number of hydrogen-bond donors (Lipinski definition) is 0. The molecule has 0 spiro atoms. The molecule has 1 aliphatic carbocycles. The van der Waals surface area contributed by atoms with Crippen LogP contribution in [0.2, 0.25) is 0 Å². The largest absolute Gasteiger partial charge is 0.0654 e. The van der Waals surface area contributed by atoms with E-state index in [9.17, 15) is 0 Å². The van der Waals surface area contributed by atoms with Gasteiger partial charge in [0.15, 0.2) is 0 Å². The summed E-state index contributed by atoms with van der Waals surface area (Å²) in [6.45, 7) is 7.01. The van der Waals surface area contributed by atoms with Crippen LogP contribution < -0.4 is 0 Å². The van der Waals surface area contributed by atoms with Crippen molar-refractivity contribution < 1.29 is 0 Å². The lowest BCUT2D eigenvalue weighted by Crippen LogP contribution is -2.28. The highest BCUT2D eigenvalue weighted by Crippen LogP contribution is 2.47. The molecule has 0 bridgehead atoms. The fraction of sp³-hybridized carbons (Fsp3) is 1.00. The zero-order valence-electron chi connectivity index (χ0n) is 16.1. The summed E-state index contributed by atoms with van der Waals surface area (Å²) < 4.78 is 0. The van der Waals surface area contributed by atoms with Gasteiger partial charge in [0.1, 0.15) is 0 Å². The first-order valence-electron chi connectivity index (χ1n) is 10.8. The molecule has 1 fully saturated rings. The van der Waals surface area contributed by atoms with Crippen molar-refractivity contribution in [2.75, 3.05) is 0 Å². The first-order valence-corrected chi connectivity index (χ1v) is 10.8. The van der Waals surface area contributed by atoms with Crippen LogP contribution in [0.15, 0.2) is 0 Å². The highest BCUT2D eigenvalue weighted by Gasteiger charge is 2.33. The summed E-state index contributed by atoms with van der Waals surface area (Å²) in [7, 11) is 0. The van der Waals surface area contributed by atoms with E-state index in [0.29, 0.717) is 0 Å². The fourth-order valence-corrected chi connectivity index (χ4v) is 4.55. The van der Waals surface area contributed by atoms with Crippen molar-refractivity contribution in [1.82, 2.24) is 0 Å². The Bertz CT molecular complexity index is 220. The minimum atomic E-state index is 0.754. The van der Waals surface area contributed by atoms with Crippen LogP contribution in [0.25, 0.3) is 0 Å². The van der Waals surface area contributed by atoms with Crippen LogP contribution in [0.4, 0.5) is 0 Å². The Hall–Kier alpha value is 0. The third kappa shape index (κ3) is 8.02. The van der Waals surface area contributed by atoms with E-state index in [1.54, 1.807) is 38.5 Å². The standard InChI is InChI=1S/C22H44/c1-4-7-10-12-17-22(18-13-11-8-5-2)19-15-21(16-20-22)14-9-6-3/h21H,4-20H2,1-3H3. The SMILES string of the molecule is CCCCCCC1(CCCCCC)CCC(CCCC)CC1. The minimum absolute atomic E-state index is 0.754. The minimum Gasteiger partial charge on any atom is -0.0654 e. The van der Waals surface area contributed by atoms with Gasteiger partial charge in [-0.15, -0.1) is 0 Å². The molecule has 0 atom stereocenters. The van der Waals surface area contributed by atoms with Gasteiger partial charge in [0.2, 0.25) is 0 Å². The average Bonchev–Trinajstić information content (AvgIpc) is 2.55. The zero-order chi connectivity index (χ0) is 16.1. The lowest BCUT2D eigenvalue weighted by atomic mass is 9.65. The van der Waals surface area contributed by atoms with Crippen LogP contribution in [-0.2, 0) is 0 Å². The maximum atomic E-state index is 2.34. The Morgan fingerprint density at radius 1 is 0.636 bits per heavy atom. The molecule has 0 amide bonds. The Balaban J connectivity index is 2.38. The quantitative estimate of drug-likeness (QED) is 0.300. The van der Waals surface area contributed by atoms with Gasteiger partial charge in [-0.05, 0) is 49.9 Å². The maximum Gasteiger partial charge on any atom is -0.0297 e. The molecule has 132 valence electrons. The molecule has 0 unspecified atom stereocenters. The third-order valence-corrected chi connectivity index (χ3v) is 6.25. The second-order valence-corrected chi connectivity index (χ2v) is 8.21. The predicted molar refractivity (Wildman–Crippen MR) is 101 cm³/mol. The van der Waals surface area contributed by atoms with Gasteiger partial charge in [-0.25, -0.2) is 0 Å². The number of rotatable bonds is 13. The van der Waals surface area contributed by atoms with Gasteiger partial charge in [-0.2, -0.15) is 0 Å². The molecule has 1 saturated carbocycles. The molecule has 0 N–H and O–H groups in total. The molecule has 0 heterocycles. The van der Waals surface area contributed by atoms with Crippen LogP contribution in [0.3, 0.4) is 0 Å². The van der Waals surface area contributed by atoms with E-state index in [1.807, 2.05) is 0 Å². The monoisotopic (exact) mass is 308 g/mol. The third-order valence-electron chi connectivity index (χ3n) is 6.25. The fourth-order valence-electron chi connectivity index (χ4n) is 4.55. The molecule has 0 aromatic heterocycles. The van der Waals surface area contributed by atoms with Gasteiger partial charge in [0.05, 0.1) is 0 Å². The van der Waals surface area contributed by atoms with Gasteiger partial charge >= 0.3 is 0 Å². The molecule has 0 aromatic carbocycles. The van der Waals surface area contributed by atoms with Crippen LogP contribution in [0.1, 0.15) is 130 Å². The van der Waals surface area contributed by atoms with E-state index in [4.69, 9.17) is 0 Å². The summed E-state index contributed by atoms with van der Waals surface area (Å²) in [4.78, 5) is 0. The van der Waals surface area contributed by atoms with Crippen LogP contribution in [-0.4, -0.2) is 0 Å². The predicted octanol–water partition coefficient (Wildman–Crippen LogP) is 8.29. The lowest BCUT2D eigenvalue weighted by Gasteiger charge is -2.41. The summed E-state index contributed by atoms with van der Waals surface area (Å²) in [5.41, 5.74) is 0.754. The molecule has 0 heteroatoms. The molecule has 0 aliphatic heterocycles. The highest BCUT2D eigenvalue weighted by molar-refractivity contribution is 4.85. The molecule has 0 nitrogen and oxygen atoms in total. The van der Waals surface area contributed by atoms with Crippen LogP contribution in [0.5, 0.6) is 0 Å². The molecule has 0 radical (unpaired) electrons. The topological polar surface area (TPSA) is 0 Å². The van der Waals surface area contributed by atoms with Gasteiger partial charge < -0.3 is 0 Å². The molecule has 0 saturated heterocycles. The summed E-state index contributed by atoms with van der Waals surface area (Å²) in [5.74, 6) is 1.07. The smallest absolute Gasteiger partial charge is 0.0297 e. The van der Waals surface area contributed by atoms with Crippen molar-refractivity contribution in [3.05, 3.63) is 0 Å². The Morgan fingerprint density at radius 3 is 1.59 bits per heavy atom. The van der Waals surface area contributed by atoms with Crippen molar-refractivity contribution in [3.63, 3.8) is 0 Å². The highest BCUT2D eigenvalue weighted by atomic mass is 14.4. The van der Waals surface area contributed by atoms with Crippen molar-refractivity contribution in [1.29, 1.82) is 0 Å². The molecule has 0 aromatic rings. The van der Waals surface area contributed by atoms with Gasteiger partial charge in [0, 0.05) is 0 Å². The second kappa shape index (κ2) is 12.4. The van der Waals surface area contributed by atoms with Gasteiger partial charge in [-0.1, -0.05) is 91.4 Å². The summed E-state index contributed by atoms with van der Waals surface area (Å²) >= 11 is 0. The Labute approximate surface area is 141 Å². The Kier molecular flexibility index (Phi) is 11.3. The van der Waals surface area contributed by atoms with Crippen molar-refractivity contribution in [2.24, 2.45) is 11.3 Å². The van der Waals surface area contributed by atoms with E-state index in [1.165, 1.54) is 70.6 Å². The van der Waals surface area contributed by atoms with Crippen LogP contribution in [0, 0.1) is 11.3 Å². The molecular weight excluding hydrogens is 264 g/mol. The number of unbranched alkanes of at least 4 members (excludes halogenated alkanes) is 7. The second-order valence-electron chi connectivity index (χ2n) is 8.21. The van der Waals surface area contributed by atoms with Crippen LogP contribution >= 0.6 is 0 Å². The maximum absolute atomic E-state index is 2.34. The molecule has 1 aliphatic rings. The summed E-state index contributed by atoms with van der Waals surface area (Å²) in [5, 5.41) is 0. The van der Waals surface area contributed by atoms with E-state index in [-0.39, 0.29) is 0 Å². The molecule has 22 heavy (non-hydrogen) atoms. The molecular formula is C22H44. The summed E-state index contributed by atoms with van der Waals surface area (Å²) in [6, 6.07) is 0. The van der Waals surface area contributed by atoms with E-state index < -0.39 is 0 Å².